The summed E-state index contributed by atoms with van der Waals surface area (Å²) >= 11 is 0. The van der Waals surface area contributed by atoms with Gasteiger partial charge in [-0.25, -0.2) is 4.79 Å². The molecule has 114 valence electrons. The van der Waals surface area contributed by atoms with E-state index in [1.54, 1.807) is 55.7 Å². The van der Waals surface area contributed by atoms with Gasteiger partial charge in [-0.15, -0.1) is 0 Å². The van der Waals surface area contributed by atoms with Crippen LogP contribution >= 0.6 is 0 Å². The Labute approximate surface area is 128 Å². The number of ketones is 1. The summed E-state index contributed by atoms with van der Waals surface area (Å²) in [6.07, 6.45) is 4.58. The van der Waals surface area contributed by atoms with Crippen molar-refractivity contribution in [2.45, 2.75) is 6.92 Å². The van der Waals surface area contributed by atoms with Crippen LogP contribution in [0.5, 0.6) is 5.75 Å². The summed E-state index contributed by atoms with van der Waals surface area (Å²) in [5, 5.41) is 0. The number of rotatable bonds is 7. The van der Waals surface area contributed by atoms with Crippen LogP contribution in [0.4, 0.5) is 0 Å². The van der Waals surface area contributed by atoms with E-state index in [-0.39, 0.29) is 12.4 Å². The number of hydrogen-bond acceptors (Lipinski definition) is 5. The molecule has 0 aliphatic rings. The van der Waals surface area contributed by atoms with E-state index in [1.807, 2.05) is 0 Å². The Bertz CT molecular complexity index is 638. The SMILES string of the molecule is CCOC(=O)COc1ccc(C(=O)/C=C/c2ccco2)cc1. The highest BCUT2D eigenvalue weighted by Gasteiger charge is 2.05. The lowest BCUT2D eigenvalue weighted by Crippen LogP contribution is -2.14. The van der Waals surface area contributed by atoms with Crippen LogP contribution in [-0.4, -0.2) is 25.0 Å². The van der Waals surface area contributed by atoms with Crippen LogP contribution < -0.4 is 4.74 Å². The van der Waals surface area contributed by atoms with E-state index in [4.69, 9.17) is 13.9 Å². The number of hydrogen-bond donors (Lipinski definition) is 0. The molecule has 0 bridgehead atoms. The van der Waals surface area contributed by atoms with Crippen LogP contribution in [0.15, 0.2) is 53.2 Å². The number of benzene rings is 1. The zero-order valence-corrected chi connectivity index (χ0v) is 12.2. The summed E-state index contributed by atoms with van der Waals surface area (Å²) in [5.41, 5.74) is 0.520. The summed E-state index contributed by atoms with van der Waals surface area (Å²) in [5.74, 6) is 0.541. The van der Waals surface area contributed by atoms with Crippen LogP contribution in [0.2, 0.25) is 0 Å². The molecule has 2 rings (SSSR count). The lowest BCUT2D eigenvalue weighted by atomic mass is 10.1. The van der Waals surface area contributed by atoms with E-state index in [9.17, 15) is 9.59 Å². The van der Waals surface area contributed by atoms with Gasteiger partial charge in [-0.3, -0.25) is 4.79 Å². The molecule has 0 saturated heterocycles. The molecule has 0 fully saturated rings. The number of allylic oxidation sites excluding steroid dienone is 1. The molecule has 22 heavy (non-hydrogen) atoms. The molecule has 0 spiro atoms. The fourth-order valence-corrected chi connectivity index (χ4v) is 1.70. The second-order valence-corrected chi connectivity index (χ2v) is 4.33. The van der Waals surface area contributed by atoms with Gasteiger partial charge >= 0.3 is 5.97 Å². The molecular weight excluding hydrogens is 284 g/mol. The van der Waals surface area contributed by atoms with E-state index in [0.29, 0.717) is 23.7 Å². The minimum atomic E-state index is -0.427. The summed E-state index contributed by atoms with van der Waals surface area (Å²) in [6, 6.07) is 10.0. The van der Waals surface area contributed by atoms with Gasteiger partial charge in [0.2, 0.25) is 0 Å². The summed E-state index contributed by atoms with van der Waals surface area (Å²) < 4.78 is 15.1. The van der Waals surface area contributed by atoms with Gasteiger partial charge in [0.05, 0.1) is 12.9 Å². The predicted molar refractivity (Wildman–Crippen MR) is 80.6 cm³/mol. The Hall–Kier alpha value is -2.82. The first-order valence-electron chi connectivity index (χ1n) is 6.83. The average Bonchev–Trinajstić information content (AvgIpc) is 3.05. The Morgan fingerprint density at radius 1 is 1.18 bits per heavy atom. The standard InChI is InChI=1S/C17H16O5/c1-2-20-17(19)12-22-15-7-5-13(6-8-15)16(18)10-9-14-4-3-11-21-14/h3-11H,2,12H2,1H3/b10-9+. The van der Waals surface area contributed by atoms with Crippen molar-refractivity contribution in [3.05, 3.63) is 60.1 Å². The number of furan rings is 1. The lowest BCUT2D eigenvalue weighted by molar-refractivity contribution is -0.145. The summed E-state index contributed by atoms with van der Waals surface area (Å²) in [6.45, 7) is 1.89. The second kappa shape index (κ2) is 7.83. The van der Waals surface area contributed by atoms with Crippen molar-refractivity contribution in [3.8, 4) is 5.75 Å². The third-order valence-corrected chi connectivity index (χ3v) is 2.74. The molecule has 0 amide bonds. The Morgan fingerprint density at radius 2 is 1.95 bits per heavy atom. The van der Waals surface area contributed by atoms with Crippen LogP contribution in [-0.2, 0) is 9.53 Å². The highest BCUT2D eigenvalue weighted by molar-refractivity contribution is 6.06. The van der Waals surface area contributed by atoms with Crippen molar-refractivity contribution < 1.29 is 23.5 Å². The van der Waals surface area contributed by atoms with E-state index >= 15 is 0 Å². The first kappa shape index (κ1) is 15.6. The van der Waals surface area contributed by atoms with Gasteiger partial charge in [0.1, 0.15) is 11.5 Å². The van der Waals surface area contributed by atoms with E-state index in [0.717, 1.165) is 0 Å². The topological polar surface area (TPSA) is 65.7 Å². The fourth-order valence-electron chi connectivity index (χ4n) is 1.70. The number of ether oxygens (including phenoxy) is 2. The molecule has 1 aromatic heterocycles. The van der Waals surface area contributed by atoms with Crippen molar-refractivity contribution in [2.24, 2.45) is 0 Å². The highest BCUT2D eigenvalue weighted by Crippen LogP contribution is 2.13. The van der Waals surface area contributed by atoms with E-state index < -0.39 is 5.97 Å². The van der Waals surface area contributed by atoms with Crippen LogP contribution in [0.25, 0.3) is 6.08 Å². The molecule has 0 unspecified atom stereocenters. The molecule has 0 aliphatic carbocycles. The second-order valence-electron chi connectivity index (χ2n) is 4.33. The van der Waals surface area contributed by atoms with Gasteiger partial charge < -0.3 is 13.9 Å². The maximum atomic E-state index is 12.0. The minimum absolute atomic E-state index is 0.145. The predicted octanol–water partition coefficient (Wildman–Crippen LogP) is 3.12. The number of carbonyl (C=O) groups excluding carboxylic acids is 2. The Morgan fingerprint density at radius 3 is 2.59 bits per heavy atom. The molecule has 5 nitrogen and oxygen atoms in total. The van der Waals surface area contributed by atoms with Crippen molar-refractivity contribution in [1.29, 1.82) is 0 Å². The molecule has 0 aliphatic heterocycles. The molecular formula is C17H16O5. The average molecular weight is 300 g/mol. The van der Waals surface area contributed by atoms with Crippen molar-refractivity contribution >= 4 is 17.8 Å². The van der Waals surface area contributed by atoms with Gasteiger partial charge in [0.15, 0.2) is 12.4 Å². The Balaban J connectivity index is 1.91. The van der Waals surface area contributed by atoms with Gasteiger partial charge in [-0.2, -0.15) is 0 Å². The molecule has 5 heteroatoms. The quantitative estimate of drug-likeness (QED) is 0.446. The van der Waals surface area contributed by atoms with Gasteiger partial charge in [0.25, 0.3) is 0 Å². The maximum absolute atomic E-state index is 12.0. The van der Waals surface area contributed by atoms with E-state index in [2.05, 4.69) is 0 Å². The van der Waals surface area contributed by atoms with Gasteiger partial charge in [0, 0.05) is 5.56 Å². The number of carbonyl (C=O) groups is 2. The maximum Gasteiger partial charge on any atom is 0.344 e. The monoisotopic (exact) mass is 300 g/mol. The molecule has 0 atom stereocenters. The summed E-state index contributed by atoms with van der Waals surface area (Å²) in [7, 11) is 0. The third-order valence-electron chi connectivity index (χ3n) is 2.74. The van der Waals surface area contributed by atoms with E-state index in [1.165, 1.54) is 6.08 Å². The first-order chi connectivity index (χ1) is 10.7. The molecule has 2 aromatic rings. The lowest BCUT2D eigenvalue weighted by Gasteiger charge is -2.05. The summed E-state index contributed by atoms with van der Waals surface area (Å²) in [4.78, 5) is 23.1. The molecule has 0 radical (unpaired) electrons. The fraction of sp³-hybridized carbons (Fsp3) is 0.176. The van der Waals surface area contributed by atoms with Gasteiger partial charge in [-0.05, 0) is 55.5 Å². The Kier molecular flexibility index (Phi) is 5.54. The number of esters is 1. The zero-order valence-electron chi connectivity index (χ0n) is 12.2. The van der Waals surface area contributed by atoms with Crippen molar-refractivity contribution in [2.75, 3.05) is 13.2 Å². The first-order valence-corrected chi connectivity index (χ1v) is 6.83. The van der Waals surface area contributed by atoms with Gasteiger partial charge in [-0.1, -0.05) is 0 Å². The molecule has 0 N–H and O–H groups in total. The zero-order chi connectivity index (χ0) is 15.8. The molecule has 0 saturated carbocycles. The highest BCUT2D eigenvalue weighted by atomic mass is 16.6. The largest absolute Gasteiger partial charge is 0.482 e. The van der Waals surface area contributed by atoms with Crippen molar-refractivity contribution in [1.82, 2.24) is 0 Å². The minimum Gasteiger partial charge on any atom is -0.482 e. The van der Waals surface area contributed by atoms with Crippen LogP contribution in [0.1, 0.15) is 23.0 Å². The van der Waals surface area contributed by atoms with Crippen LogP contribution in [0.3, 0.4) is 0 Å². The normalized spacial score (nSPS) is 10.6. The smallest absolute Gasteiger partial charge is 0.344 e. The third kappa shape index (κ3) is 4.63. The van der Waals surface area contributed by atoms with Crippen LogP contribution in [0, 0.1) is 0 Å². The van der Waals surface area contributed by atoms with Crippen molar-refractivity contribution in [3.63, 3.8) is 0 Å². The molecule has 1 aromatic carbocycles. The molecule has 1 heterocycles.